The summed E-state index contributed by atoms with van der Waals surface area (Å²) in [5.74, 6) is 0.228. The predicted molar refractivity (Wildman–Crippen MR) is 79.2 cm³/mol. The van der Waals surface area contributed by atoms with E-state index in [4.69, 9.17) is 15.7 Å². The molecule has 0 aliphatic carbocycles. The molecule has 2 unspecified atom stereocenters. The van der Waals surface area contributed by atoms with Crippen molar-refractivity contribution in [2.45, 2.75) is 25.5 Å². The van der Waals surface area contributed by atoms with E-state index in [9.17, 15) is 4.39 Å². The maximum atomic E-state index is 14.0. The molecule has 0 fully saturated rings. The number of nitriles is 1. The van der Waals surface area contributed by atoms with Crippen molar-refractivity contribution in [3.8, 4) is 11.8 Å². The molecule has 0 saturated carbocycles. The highest BCUT2D eigenvalue weighted by Gasteiger charge is 2.23. The summed E-state index contributed by atoms with van der Waals surface area (Å²) in [6.07, 6.45) is 0.0964. The summed E-state index contributed by atoms with van der Waals surface area (Å²) < 4.78 is 19.8. The van der Waals surface area contributed by atoms with E-state index in [0.717, 1.165) is 0 Å². The predicted octanol–water partition coefficient (Wildman–Crippen LogP) is 3.55. The van der Waals surface area contributed by atoms with Crippen LogP contribution in [0.25, 0.3) is 0 Å². The molecule has 2 atom stereocenters. The minimum absolute atomic E-state index is 0.322. The van der Waals surface area contributed by atoms with Crippen molar-refractivity contribution in [1.29, 1.82) is 5.26 Å². The second kappa shape index (κ2) is 6.87. The minimum atomic E-state index is -0.566. The molecule has 0 radical (unpaired) electrons. The lowest BCUT2D eigenvalue weighted by Crippen LogP contribution is -2.32. The molecule has 0 bridgehead atoms. The Labute approximate surface area is 123 Å². The second-order valence-electron chi connectivity index (χ2n) is 4.77. The number of rotatable bonds is 5. The van der Waals surface area contributed by atoms with Crippen molar-refractivity contribution < 1.29 is 9.13 Å². The number of hydrogen-bond donors (Lipinski definition) is 1. The van der Waals surface area contributed by atoms with E-state index in [0.29, 0.717) is 23.3 Å². The molecular weight excluding hydrogens is 267 g/mol. The van der Waals surface area contributed by atoms with Gasteiger partial charge in [0.2, 0.25) is 0 Å². The second-order valence-corrected chi connectivity index (χ2v) is 4.77. The third-order valence-electron chi connectivity index (χ3n) is 3.32. The van der Waals surface area contributed by atoms with Crippen molar-refractivity contribution in [3.05, 3.63) is 65.5 Å². The zero-order valence-corrected chi connectivity index (χ0v) is 11.8. The summed E-state index contributed by atoms with van der Waals surface area (Å²) in [7, 11) is 0. The SMILES string of the molecule is CCC(N)C(Oc1ccc(C#N)cc1)c1ccccc1F. The number of benzene rings is 2. The Kier molecular flexibility index (Phi) is 4.91. The molecule has 0 aliphatic rings. The third kappa shape index (κ3) is 3.59. The standard InChI is InChI=1S/C17H17FN2O/c1-2-16(20)17(14-5-3-4-6-15(14)18)21-13-9-7-12(11-19)8-10-13/h3-10,16-17H,2,20H2,1H3. The van der Waals surface area contributed by atoms with Crippen LogP contribution >= 0.6 is 0 Å². The van der Waals surface area contributed by atoms with E-state index in [-0.39, 0.29) is 11.9 Å². The van der Waals surface area contributed by atoms with E-state index >= 15 is 0 Å². The van der Waals surface area contributed by atoms with Crippen molar-refractivity contribution in [1.82, 2.24) is 0 Å². The average Bonchev–Trinajstić information content (AvgIpc) is 2.53. The average molecular weight is 284 g/mol. The Bertz CT molecular complexity index is 634. The van der Waals surface area contributed by atoms with E-state index in [1.54, 1.807) is 42.5 Å². The summed E-state index contributed by atoms with van der Waals surface area (Å²) >= 11 is 0. The van der Waals surface area contributed by atoms with Crippen LogP contribution in [0.5, 0.6) is 5.75 Å². The first-order valence-electron chi connectivity index (χ1n) is 6.82. The van der Waals surface area contributed by atoms with E-state index in [2.05, 4.69) is 0 Å². The fraction of sp³-hybridized carbons (Fsp3) is 0.235. The Morgan fingerprint density at radius 2 is 1.86 bits per heavy atom. The van der Waals surface area contributed by atoms with Crippen LogP contribution in [-0.4, -0.2) is 6.04 Å². The minimum Gasteiger partial charge on any atom is -0.484 e. The van der Waals surface area contributed by atoms with Gasteiger partial charge in [-0.15, -0.1) is 0 Å². The topological polar surface area (TPSA) is 59.0 Å². The summed E-state index contributed by atoms with van der Waals surface area (Å²) in [5, 5.41) is 8.79. The van der Waals surface area contributed by atoms with Crippen LogP contribution in [0.4, 0.5) is 4.39 Å². The van der Waals surface area contributed by atoms with E-state index < -0.39 is 6.10 Å². The van der Waals surface area contributed by atoms with Gasteiger partial charge in [-0.25, -0.2) is 4.39 Å². The lowest BCUT2D eigenvalue weighted by Gasteiger charge is -2.25. The lowest BCUT2D eigenvalue weighted by molar-refractivity contribution is 0.166. The van der Waals surface area contributed by atoms with E-state index in [1.165, 1.54) is 6.07 Å². The van der Waals surface area contributed by atoms with Gasteiger partial charge in [0, 0.05) is 11.6 Å². The molecule has 108 valence electrons. The maximum Gasteiger partial charge on any atom is 0.142 e. The van der Waals surface area contributed by atoms with Crippen LogP contribution in [0.15, 0.2) is 48.5 Å². The Balaban J connectivity index is 2.29. The Morgan fingerprint density at radius 1 is 1.19 bits per heavy atom. The van der Waals surface area contributed by atoms with Crippen molar-refractivity contribution in [2.24, 2.45) is 5.73 Å². The van der Waals surface area contributed by atoms with Crippen LogP contribution in [0, 0.1) is 17.1 Å². The van der Waals surface area contributed by atoms with Gasteiger partial charge < -0.3 is 10.5 Å². The molecule has 0 amide bonds. The molecule has 0 aliphatic heterocycles. The van der Waals surface area contributed by atoms with Gasteiger partial charge in [0.25, 0.3) is 0 Å². The normalized spacial score (nSPS) is 13.2. The molecule has 0 spiro atoms. The number of ether oxygens (including phenoxy) is 1. The molecule has 0 heterocycles. The maximum absolute atomic E-state index is 14.0. The van der Waals surface area contributed by atoms with E-state index in [1.807, 2.05) is 13.0 Å². The number of halogens is 1. The smallest absolute Gasteiger partial charge is 0.142 e. The van der Waals surface area contributed by atoms with Crippen LogP contribution in [0.1, 0.15) is 30.6 Å². The molecule has 21 heavy (non-hydrogen) atoms. The monoisotopic (exact) mass is 284 g/mol. The highest BCUT2D eigenvalue weighted by molar-refractivity contribution is 5.35. The summed E-state index contributed by atoms with van der Waals surface area (Å²) in [6.45, 7) is 1.93. The summed E-state index contributed by atoms with van der Waals surface area (Å²) in [4.78, 5) is 0. The van der Waals surface area contributed by atoms with Gasteiger partial charge in [0.1, 0.15) is 17.7 Å². The van der Waals surface area contributed by atoms with Gasteiger partial charge in [-0.3, -0.25) is 0 Å². The lowest BCUT2D eigenvalue weighted by atomic mass is 10.00. The fourth-order valence-electron chi connectivity index (χ4n) is 2.06. The van der Waals surface area contributed by atoms with Crippen LogP contribution < -0.4 is 10.5 Å². The van der Waals surface area contributed by atoms with Crippen molar-refractivity contribution in [2.75, 3.05) is 0 Å². The van der Waals surface area contributed by atoms with Gasteiger partial charge >= 0.3 is 0 Å². The van der Waals surface area contributed by atoms with Crippen LogP contribution in [0.3, 0.4) is 0 Å². The van der Waals surface area contributed by atoms with Gasteiger partial charge in [0.15, 0.2) is 0 Å². The number of nitrogens with two attached hydrogens (primary N) is 1. The molecule has 2 N–H and O–H groups in total. The number of hydrogen-bond acceptors (Lipinski definition) is 3. The quantitative estimate of drug-likeness (QED) is 0.913. The van der Waals surface area contributed by atoms with Crippen molar-refractivity contribution in [3.63, 3.8) is 0 Å². The first-order valence-corrected chi connectivity index (χ1v) is 6.82. The molecule has 4 heteroatoms. The van der Waals surface area contributed by atoms with Gasteiger partial charge in [-0.05, 0) is 36.8 Å². The van der Waals surface area contributed by atoms with Gasteiger partial charge in [-0.2, -0.15) is 5.26 Å². The molecule has 2 rings (SSSR count). The van der Waals surface area contributed by atoms with Crippen LogP contribution in [-0.2, 0) is 0 Å². The summed E-state index contributed by atoms with van der Waals surface area (Å²) in [6, 6.07) is 14.9. The molecule has 3 nitrogen and oxygen atoms in total. The molecule has 2 aromatic rings. The van der Waals surface area contributed by atoms with Gasteiger partial charge in [0.05, 0.1) is 11.6 Å². The molecular formula is C17H17FN2O. The van der Waals surface area contributed by atoms with Crippen LogP contribution in [0.2, 0.25) is 0 Å². The Morgan fingerprint density at radius 3 is 2.43 bits per heavy atom. The summed E-state index contributed by atoms with van der Waals surface area (Å²) in [5.41, 5.74) is 7.06. The molecule has 2 aromatic carbocycles. The van der Waals surface area contributed by atoms with Crippen molar-refractivity contribution >= 4 is 0 Å². The largest absolute Gasteiger partial charge is 0.484 e. The number of nitrogens with zero attached hydrogens (tertiary/aromatic N) is 1. The zero-order valence-electron chi connectivity index (χ0n) is 11.8. The highest BCUT2D eigenvalue weighted by Crippen LogP contribution is 2.27. The fourth-order valence-corrected chi connectivity index (χ4v) is 2.06. The first kappa shape index (κ1) is 15.0. The first-order chi connectivity index (χ1) is 10.2. The molecule has 0 aromatic heterocycles. The molecule has 0 saturated heterocycles. The third-order valence-corrected chi connectivity index (χ3v) is 3.32. The zero-order chi connectivity index (χ0) is 15.2. The Hall–Kier alpha value is -2.38. The van der Waals surface area contributed by atoms with Gasteiger partial charge in [-0.1, -0.05) is 25.1 Å². The highest BCUT2D eigenvalue weighted by atomic mass is 19.1.